The van der Waals surface area contributed by atoms with Gasteiger partial charge in [0, 0.05) is 38.3 Å². The van der Waals surface area contributed by atoms with Gasteiger partial charge in [-0.15, -0.1) is 0 Å². The highest BCUT2D eigenvalue weighted by molar-refractivity contribution is 5.74. The second-order valence-electron chi connectivity index (χ2n) is 6.43. The maximum absolute atomic E-state index is 12.5. The summed E-state index contributed by atoms with van der Waals surface area (Å²) < 4.78 is 10.5. The average molecular weight is 334 g/mol. The molecule has 3 rings (SSSR count). The van der Waals surface area contributed by atoms with E-state index in [0.29, 0.717) is 24.4 Å². The van der Waals surface area contributed by atoms with Crippen LogP contribution < -0.4 is 10.1 Å². The molecule has 2 saturated heterocycles. The second-order valence-corrected chi connectivity index (χ2v) is 6.43. The van der Waals surface area contributed by atoms with E-state index in [9.17, 15) is 4.79 Å². The lowest BCUT2D eigenvalue weighted by molar-refractivity contribution is 0.0123. The standard InChI is InChI=1S/C17H26N4O3/c1-13-11-21(12-15(13)20-6-8-24-9-7-20)17(22)18-10-14-4-3-5-16(19-14)23-2/h3-5,13,15H,6-12H2,1-2H3,(H,18,22)/t13-,15-/m1/s1. The molecule has 132 valence electrons. The zero-order valence-electron chi connectivity index (χ0n) is 14.4. The number of pyridine rings is 1. The Kier molecular flexibility index (Phi) is 5.52. The number of urea groups is 1. The summed E-state index contributed by atoms with van der Waals surface area (Å²) in [6, 6.07) is 5.95. The smallest absolute Gasteiger partial charge is 0.317 e. The molecule has 0 bridgehead atoms. The van der Waals surface area contributed by atoms with Crippen molar-refractivity contribution in [3.63, 3.8) is 0 Å². The molecule has 1 aromatic heterocycles. The topological polar surface area (TPSA) is 66.9 Å². The van der Waals surface area contributed by atoms with E-state index in [1.807, 2.05) is 17.0 Å². The van der Waals surface area contributed by atoms with Crippen LogP contribution in [0.1, 0.15) is 12.6 Å². The minimum atomic E-state index is -0.0257. The van der Waals surface area contributed by atoms with Crippen molar-refractivity contribution in [1.29, 1.82) is 0 Å². The fraction of sp³-hybridized carbons (Fsp3) is 0.647. The number of rotatable bonds is 4. The fourth-order valence-corrected chi connectivity index (χ4v) is 3.45. The minimum Gasteiger partial charge on any atom is -0.481 e. The number of hydrogen-bond donors (Lipinski definition) is 1. The van der Waals surface area contributed by atoms with Crippen LogP contribution in [-0.2, 0) is 11.3 Å². The van der Waals surface area contributed by atoms with E-state index < -0.39 is 0 Å². The molecule has 24 heavy (non-hydrogen) atoms. The highest BCUT2D eigenvalue weighted by atomic mass is 16.5. The summed E-state index contributed by atoms with van der Waals surface area (Å²) in [4.78, 5) is 21.1. The van der Waals surface area contributed by atoms with Gasteiger partial charge < -0.3 is 19.7 Å². The SMILES string of the molecule is COc1cccc(CNC(=O)N2C[C@@H](C)[C@H](N3CCOCC3)C2)n1. The van der Waals surface area contributed by atoms with Gasteiger partial charge in [0.1, 0.15) is 0 Å². The molecule has 7 nitrogen and oxygen atoms in total. The van der Waals surface area contributed by atoms with Crippen molar-refractivity contribution in [3.8, 4) is 5.88 Å². The molecule has 2 fully saturated rings. The van der Waals surface area contributed by atoms with Crippen LogP contribution in [0.15, 0.2) is 18.2 Å². The van der Waals surface area contributed by atoms with Crippen molar-refractivity contribution in [1.82, 2.24) is 20.1 Å². The van der Waals surface area contributed by atoms with Crippen molar-refractivity contribution in [2.45, 2.75) is 19.5 Å². The van der Waals surface area contributed by atoms with Crippen LogP contribution in [0.25, 0.3) is 0 Å². The second kappa shape index (κ2) is 7.81. The van der Waals surface area contributed by atoms with Gasteiger partial charge in [-0.05, 0) is 12.0 Å². The van der Waals surface area contributed by atoms with Crippen LogP contribution in [0.4, 0.5) is 4.79 Å². The molecule has 7 heteroatoms. The molecule has 1 aromatic rings. The molecule has 2 amide bonds. The Bertz CT molecular complexity index is 563. The number of carbonyl (C=O) groups excluding carboxylic acids is 1. The summed E-state index contributed by atoms with van der Waals surface area (Å²) in [5, 5.41) is 2.96. The van der Waals surface area contributed by atoms with Crippen LogP contribution in [0.5, 0.6) is 5.88 Å². The zero-order chi connectivity index (χ0) is 16.9. The number of amides is 2. The third-order valence-corrected chi connectivity index (χ3v) is 4.79. The molecule has 1 N–H and O–H groups in total. The Morgan fingerprint density at radius 3 is 2.92 bits per heavy atom. The first-order valence-electron chi connectivity index (χ1n) is 8.52. The van der Waals surface area contributed by atoms with Gasteiger partial charge in [-0.2, -0.15) is 0 Å². The van der Waals surface area contributed by atoms with Gasteiger partial charge in [-0.3, -0.25) is 4.90 Å². The van der Waals surface area contributed by atoms with Gasteiger partial charge >= 0.3 is 6.03 Å². The third kappa shape index (κ3) is 3.96. The number of nitrogens with zero attached hydrogens (tertiary/aromatic N) is 3. The number of carbonyl (C=O) groups is 1. The lowest BCUT2D eigenvalue weighted by Gasteiger charge is -2.33. The van der Waals surface area contributed by atoms with Crippen LogP contribution in [0, 0.1) is 5.92 Å². The van der Waals surface area contributed by atoms with Gasteiger partial charge in [-0.25, -0.2) is 9.78 Å². The first-order chi connectivity index (χ1) is 11.7. The normalized spacial score (nSPS) is 24.8. The first-order valence-corrected chi connectivity index (χ1v) is 8.52. The third-order valence-electron chi connectivity index (χ3n) is 4.79. The lowest BCUT2D eigenvalue weighted by atomic mass is 10.0. The molecule has 2 atom stereocenters. The average Bonchev–Trinajstić information content (AvgIpc) is 3.02. The monoisotopic (exact) mass is 334 g/mol. The predicted octanol–water partition coefficient (Wildman–Crippen LogP) is 0.952. The fourth-order valence-electron chi connectivity index (χ4n) is 3.45. The Hall–Kier alpha value is -1.86. The Morgan fingerprint density at radius 1 is 1.38 bits per heavy atom. The molecule has 0 aliphatic carbocycles. The Balaban J connectivity index is 1.51. The molecular weight excluding hydrogens is 308 g/mol. The van der Waals surface area contributed by atoms with Crippen LogP contribution >= 0.6 is 0 Å². The maximum atomic E-state index is 12.5. The van der Waals surface area contributed by atoms with E-state index in [-0.39, 0.29) is 6.03 Å². The summed E-state index contributed by atoms with van der Waals surface area (Å²) in [7, 11) is 1.59. The summed E-state index contributed by atoms with van der Waals surface area (Å²) in [5.41, 5.74) is 0.791. The predicted molar refractivity (Wildman–Crippen MR) is 89.9 cm³/mol. The number of hydrogen-bond acceptors (Lipinski definition) is 5. The first kappa shape index (κ1) is 17.0. The zero-order valence-corrected chi connectivity index (χ0v) is 14.4. The highest BCUT2D eigenvalue weighted by Crippen LogP contribution is 2.22. The van der Waals surface area contributed by atoms with E-state index >= 15 is 0 Å². The highest BCUT2D eigenvalue weighted by Gasteiger charge is 2.36. The molecule has 0 radical (unpaired) electrons. The Morgan fingerprint density at radius 2 is 2.17 bits per heavy atom. The van der Waals surface area contributed by atoms with Crippen molar-refractivity contribution >= 4 is 6.03 Å². The van der Waals surface area contributed by atoms with Gasteiger partial charge in [0.25, 0.3) is 0 Å². The molecule has 2 aliphatic heterocycles. The quantitative estimate of drug-likeness (QED) is 0.888. The number of morpholine rings is 1. The van der Waals surface area contributed by atoms with E-state index in [0.717, 1.165) is 45.1 Å². The van der Waals surface area contributed by atoms with Crippen LogP contribution in [0.3, 0.4) is 0 Å². The van der Waals surface area contributed by atoms with Gasteiger partial charge in [-0.1, -0.05) is 13.0 Å². The number of methoxy groups -OCH3 is 1. The molecule has 3 heterocycles. The molecular formula is C17H26N4O3. The van der Waals surface area contributed by atoms with Crippen molar-refractivity contribution in [2.24, 2.45) is 5.92 Å². The van der Waals surface area contributed by atoms with Gasteiger partial charge in [0.15, 0.2) is 0 Å². The molecule has 0 saturated carbocycles. The number of aromatic nitrogens is 1. The van der Waals surface area contributed by atoms with Crippen molar-refractivity contribution < 1.29 is 14.3 Å². The van der Waals surface area contributed by atoms with E-state index in [1.54, 1.807) is 13.2 Å². The van der Waals surface area contributed by atoms with Gasteiger partial charge in [0.05, 0.1) is 32.6 Å². The molecule has 2 aliphatic rings. The largest absolute Gasteiger partial charge is 0.481 e. The maximum Gasteiger partial charge on any atom is 0.317 e. The Labute approximate surface area is 142 Å². The number of likely N-dealkylation sites (tertiary alicyclic amines) is 1. The van der Waals surface area contributed by atoms with E-state index in [4.69, 9.17) is 9.47 Å². The summed E-state index contributed by atoms with van der Waals surface area (Å²) in [6.07, 6.45) is 0. The van der Waals surface area contributed by atoms with Crippen molar-refractivity contribution in [2.75, 3.05) is 46.5 Å². The van der Waals surface area contributed by atoms with E-state index in [2.05, 4.69) is 22.1 Å². The summed E-state index contributed by atoms with van der Waals surface area (Å²) in [5.74, 6) is 1.03. The molecule has 0 spiro atoms. The number of ether oxygens (including phenoxy) is 2. The van der Waals surface area contributed by atoms with Crippen LogP contribution in [-0.4, -0.2) is 73.4 Å². The summed E-state index contributed by atoms with van der Waals surface area (Å²) >= 11 is 0. The van der Waals surface area contributed by atoms with Crippen LogP contribution in [0.2, 0.25) is 0 Å². The molecule has 0 unspecified atom stereocenters. The minimum absolute atomic E-state index is 0.0257. The summed E-state index contributed by atoms with van der Waals surface area (Å²) in [6.45, 7) is 7.68. The van der Waals surface area contributed by atoms with Gasteiger partial charge in [0.2, 0.25) is 5.88 Å². The van der Waals surface area contributed by atoms with Crippen molar-refractivity contribution in [3.05, 3.63) is 23.9 Å². The van der Waals surface area contributed by atoms with E-state index in [1.165, 1.54) is 0 Å². The molecule has 0 aromatic carbocycles. The lowest BCUT2D eigenvalue weighted by Crippen LogP contribution is -2.47. The number of nitrogens with one attached hydrogen (secondary N) is 1.